The first-order valence-corrected chi connectivity index (χ1v) is 12.5. The van der Waals surface area contributed by atoms with Gasteiger partial charge in [-0.3, -0.25) is 19.2 Å². The van der Waals surface area contributed by atoms with Gasteiger partial charge in [0, 0.05) is 17.0 Å². The van der Waals surface area contributed by atoms with E-state index in [0.717, 1.165) is 23.4 Å². The Morgan fingerprint density at radius 3 is 2.54 bits per heavy atom. The molecule has 0 unspecified atom stereocenters. The highest BCUT2D eigenvalue weighted by molar-refractivity contribution is 8.18. The topological polar surface area (TPSA) is 55.2 Å². The number of carbonyl (C=O) groups is 2. The Kier molecular flexibility index (Phi) is 6.83. The molecule has 5 rings (SSSR count). The van der Waals surface area contributed by atoms with Crippen molar-refractivity contribution < 1.29 is 22.8 Å². The van der Waals surface area contributed by atoms with Crippen molar-refractivity contribution in [2.75, 3.05) is 6.54 Å². The highest BCUT2D eigenvalue weighted by Crippen LogP contribution is 2.35. The van der Waals surface area contributed by atoms with E-state index in [9.17, 15) is 22.8 Å². The first-order chi connectivity index (χ1) is 17.7. The molecule has 0 spiro atoms. The van der Waals surface area contributed by atoms with Crippen molar-refractivity contribution in [3.8, 4) is 0 Å². The first-order valence-electron chi connectivity index (χ1n) is 11.3. The number of thioether (sulfide) groups is 1. The van der Waals surface area contributed by atoms with Crippen molar-refractivity contribution in [2.24, 2.45) is 0 Å². The monoisotopic (exact) mass is 541 g/mol. The zero-order valence-electron chi connectivity index (χ0n) is 19.2. The summed E-state index contributed by atoms with van der Waals surface area (Å²) in [5.74, 6) is -0.343. The summed E-state index contributed by atoms with van der Waals surface area (Å²) < 4.78 is 41.9. The Labute approximate surface area is 219 Å². The van der Waals surface area contributed by atoms with Gasteiger partial charge in [0.1, 0.15) is 0 Å². The van der Waals surface area contributed by atoms with Crippen LogP contribution in [-0.2, 0) is 23.9 Å². The van der Waals surface area contributed by atoms with Crippen LogP contribution in [0.25, 0.3) is 17.0 Å². The van der Waals surface area contributed by atoms with Crippen LogP contribution in [0.2, 0.25) is 5.02 Å². The average Bonchev–Trinajstić information content (AvgIpc) is 3.38. The van der Waals surface area contributed by atoms with Gasteiger partial charge in [-0.25, -0.2) is 0 Å². The second kappa shape index (κ2) is 10.1. The predicted molar refractivity (Wildman–Crippen MR) is 138 cm³/mol. The molecule has 2 heterocycles. The number of fused-ring (bicyclic) bond motifs is 1. The first kappa shape index (κ1) is 25.1. The maximum absolute atomic E-state index is 13.5. The quantitative estimate of drug-likeness (QED) is 0.246. The maximum atomic E-state index is 13.5. The number of aromatic nitrogens is 2. The molecule has 0 saturated carbocycles. The Bertz CT molecular complexity index is 1530. The Balaban J connectivity index is 1.35. The van der Waals surface area contributed by atoms with Crippen LogP contribution >= 0.6 is 23.4 Å². The minimum atomic E-state index is -4.54. The van der Waals surface area contributed by atoms with Crippen LogP contribution < -0.4 is 0 Å². The minimum Gasteiger partial charge on any atom is -0.268 e. The number of imide groups is 1. The SMILES string of the molecule is O=C1S/C(=C\c2ccc3c(cnn3Cc3ccc(Cl)cc3C(F)(F)F)c2)C(=O)N1CCc1ccccc1. The lowest BCUT2D eigenvalue weighted by atomic mass is 10.1. The molecule has 4 aromatic rings. The number of hydrogen-bond donors (Lipinski definition) is 0. The van der Waals surface area contributed by atoms with Crippen molar-refractivity contribution in [1.82, 2.24) is 14.7 Å². The minimum absolute atomic E-state index is 0.00974. The summed E-state index contributed by atoms with van der Waals surface area (Å²) >= 11 is 6.67. The van der Waals surface area contributed by atoms with Gasteiger partial charge in [0.05, 0.1) is 28.7 Å². The van der Waals surface area contributed by atoms with E-state index in [1.54, 1.807) is 30.5 Å². The van der Waals surface area contributed by atoms with E-state index in [-0.39, 0.29) is 28.3 Å². The lowest BCUT2D eigenvalue weighted by molar-refractivity contribution is -0.138. The smallest absolute Gasteiger partial charge is 0.268 e. The molecule has 188 valence electrons. The van der Waals surface area contributed by atoms with E-state index in [2.05, 4.69) is 5.10 Å². The highest BCUT2D eigenvalue weighted by Gasteiger charge is 2.35. The molecule has 0 radical (unpaired) electrons. The van der Waals surface area contributed by atoms with E-state index >= 15 is 0 Å². The summed E-state index contributed by atoms with van der Waals surface area (Å²) in [6.45, 7) is 0.206. The van der Waals surface area contributed by atoms with Crippen molar-refractivity contribution >= 4 is 51.5 Å². The zero-order chi connectivity index (χ0) is 26.2. The molecule has 2 amide bonds. The van der Waals surface area contributed by atoms with Crippen LogP contribution in [0.15, 0.2) is 77.8 Å². The van der Waals surface area contributed by atoms with E-state index < -0.39 is 11.7 Å². The molecule has 1 aliphatic rings. The van der Waals surface area contributed by atoms with Crippen molar-refractivity contribution in [3.05, 3.63) is 105 Å². The number of hydrogen-bond acceptors (Lipinski definition) is 4. The van der Waals surface area contributed by atoms with Crippen molar-refractivity contribution in [2.45, 2.75) is 19.1 Å². The molecule has 0 N–H and O–H groups in total. The van der Waals surface area contributed by atoms with E-state index in [4.69, 9.17) is 11.6 Å². The number of alkyl halides is 3. The molecule has 5 nitrogen and oxygen atoms in total. The number of rotatable bonds is 6. The number of nitrogens with zero attached hydrogens (tertiary/aromatic N) is 3. The Hall–Kier alpha value is -3.56. The summed E-state index contributed by atoms with van der Waals surface area (Å²) in [6.07, 6.45) is -0.770. The second-order valence-corrected chi connectivity index (χ2v) is 9.92. The van der Waals surface area contributed by atoms with E-state index in [0.29, 0.717) is 34.3 Å². The van der Waals surface area contributed by atoms with Crippen LogP contribution in [0.5, 0.6) is 0 Å². The molecule has 0 aliphatic carbocycles. The fourth-order valence-electron chi connectivity index (χ4n) is 4.16. The van der Waals surface area contributed by atoms with Gasteiger partial charge in [-0.1, -0.05) is 54.1 Å². The molecule has 10 heteroatoms. The van der Waals surface area contributed by atoms with Gasteiger partial charge in [-0.15, -0.1) is 0 Å². The van der Waals surface area contributed by atoms with Crippen LogP contribution in [-0.4, -0.2) is 32.4 Å². The van der Waals surface area contributed by atoms with Gasteiger partial charge < -0.3 is 0 Å². The fraction of sp³-hybridized carbons (Fsp3) is 0.148. The Morgan fingerprint density at radius 2 is 1.78 bits per heavy atom. The van der Waals surface area contributed by atoms with Crippen molar-refractivity contribution in [1.29, 1.82) is 0 Å². The standard InChI is InChI=1S/C27H19ClF3N3O2S/c28-21-8-7-19(22(14-21)27(29,30)31)16-34-23-9-6-18(12-20(23)15-32-34)13-24-25(35)33(26(36)37-24)11-10-17-4-2-1-3-5-17/h1-9,12-15H,10-11,16H2/b24-13-. The third kappa shape index (κ3) is 5.42. The van der Waals surface area contributed by atoms with Crippen molar-refractivity contribution in [3.63, 3.8) is 0 Å². The molecule has 37 heavy (non-hydrogen) atoms. The predicted octanol–water partition coefficient (Wildman–Crippen LogP) is 7.04. The van der Waals surface area contributed by atoms with Gasteiger partial charge in [-0.05, 0) is 65.2 Å². The largest absolute Gasteiger partial charge is 0.416 e. The van der Waals surface area contributed by atoms with Gasteiger partial charge in [0.25, 0.3) is 11.1 Å². The molecule has 1 saturated heterocycles. The third-order valence-corrected chi connectivity index (χ3v) is 7.14. The lowest BCUT2D eigenvalue weighted by Gasteiger charge is -2.14. The third-order valence-electron chi connectivity index (χ3n) is 6.00. The molecule has 3 aromatic carbocycles. The summed E-state index contributed by atoms with van der Waals surface area (Å²) in [7, 11) is 0. The van der Waals surface area contributed by atoms with E-state index in [1.807, 2.05) is 30.3 Å². The number of halogens is 4. The molecular formula is C27H19ClF3N3O2S. The molecule has 0 bridgehead atoms. The van der Waals surface area contributed by atoms with Crippen LogP contribution in [0.4, 0.5) is 18.0 Å². The number of carbonyl (C=O) groups excluding carboxylic acids is 2. The van der Waals surface area contributed by atoms with E-state index in [1.165, 1.54) is 21.7 Å². The summed E-state index contributed by atoms with van der Waals surface area (Å²) in [4.78, 5) is 26.8. The maximum Gasteiger partial charge on any atom is 0.416 e. The average molecular weight is 542 g/mol. The van der Waals surface area contributed by atoms with Crippen LogP contribution in [0.3, 0.4) is 0 Å². The second-order valence-electron chi connectivity index (χ2n) is 8.49. The van der Waals surface area contributed by atoms with Gasteiger partial charge >= 0.3 is 6.18 Å². The van der Waals surface area contributed by atoms with Gasteiger partial charge in [0.15, 0.2) is 0 Å². The normalized spacial score (nSPS) is 15.4. The molecule has 1 fully saturated rings. The summed E-state index contributed by atoms with van der Waals surface area (Å²) in [5, 5.41) is 4.65. The molecule has 1 aromatic heterocycles. The van der Waals surface area contributed by atoms with Crippen LogP contribution in [0, 0.1) is 0 Å². The summed E-state index contributed by atoms with van der Waals surface area (Å²) in [5.41, 5.74) is 1.60. The van der Waals surface area contributed by atoms with Gasteiger partial charge in [-0.2, -0.15) is 18.3 Å². The highest BCUT2D eigenvalue weighted by atomic mass is 35.5. The van der Waals surface area contributed by atoms with Gasteiger partial charge in [0.2, 0.25) is 0 Å². The summed E-state index contributed by atoms with van der Waals surface area (Å²) in [6, 6.07) is 18.5. The van der Waals surface area contributed by atoms with Crippen LogP contribution in [0.1, 0.15) is 22.3 Å². The number of amides is 2. The lowest BCUT2D eigenvalue weighted by Crippen LogP contribution is -2.30. The molecule has 1 aliphatic heterocycles. The molecular weight excluding hydrogens is 523 g/mol. The molecule has 0 atom stereocenters. The number of benzene rings is 3. The zero-order valence-corrected chi connectivity index (χ0v) is 20.8. The Morgan fingerprint density at radius 1 is 1.00 bits per heavy atom. The fourth-order valence-corrected chi connectivity index (χ4v) is 5.20.